The number of hydrogen-bond donors (Lipinski definition) is 2. The van der Waals surface area contributed by atoms with Crippen LogP contribution in [0.5, 0.6) is 0 Å². The van der Waals surface area contributed by atoms with Gasteiger partial charge in [-0.25, -0.2) is 0 Å². The third-order valence-corrected chi connectivity index (χ3v) is 3.00. The minimum Gasteiger partial charge on any atom is -0.350 e. The highest BCUT2D eigenvalue weighted by Gasteiger charge is 2.21. The molecule has 6 nitrogen and oxygen atoms in total. The van der Waals surface area contributed by atoms with Gasteiger partial charge >= 0.3 is 0 Å². The van der Waals surface area contributed by atoms with E-state index in [4.69, 9.17) is 0 Å². The first-order valence-electron chi connectivity index (χ1n) is 6.92. The van der Waals surface area contributed by atoms with Gasteiger partial charge in [-0.3, -0.25) is 20.2 Å². The van der Waals surface area contributed by atoms with Gasteiger partial charge in [-0.15, -0.1) is 0 Å². The number of non-ortho nitro benzene ring substituents is 1. The van der Waals surface area contributed by atoms with Crippen LogP contribution >= 0.6 is 0 Å². The Balaban J connectivity index is 2.65. The molecule has 0 aromatic heterocycles. The van der Waals surface area contributed by atoms with Gasteiger partial charge in [0.15, 0.2) is 0 Å². The summed E-state index contributed by atoms with van der Waals surface area (Å²) in [4.78, 5) is 22.2. The van der Waals surface area contributed by atoms with E-state index >= 15 is 0 Å². The Labute approximate surface area is 125 Å². The average molecular weight is 293 g/mol. The van der Waals surface area contributed by atoms with Crippen molar-refractivity contribution in [2.24, 2.45) is 0 Å². The van der Waals surface area contributed by atoms with Crippen LogP contribution < -0.4 is 10.6 Å². The monoisotopic (exact) mass is 293 g/mol. The lowest BCUT2D eigenvalue weighted by atomic mass is 10.1. The van der Waals surface area contributed by atoms with Crippen LogP contribution in [0.2, 0.25) is 0 Å². The Morgan fingerprint density at radius 3 is 2.14 bits per heavy atom. The second-order valence-corrected chi connectivity index (χ2v) is 6.20. The Hall–Kier alpha value is -1.95. The maximum absolute atomic E-state index is 12.0. The third-order valence-electron chi connectivity index (χ3n) is 3.00. The standard InChI is InChI=1S/C15H23N3O3/c1-10(12-6-8-13(9-7-12)18(20)21)16-11(2)14(19)17-15(3,4)5/h6-11,16H,1-5H3,(H,17,19). The molecule has 0 saturated carbocycles. The van der Waals surface area contributed by atoms with Crippen LogP contribution in [-0.2, 0) is 4.79 Å². The van der Waals surface area contributed by atoms with E-state index in [1.807, 2.05) is 27.7 Å². The molecule has 0 aliphatic heterocycles. The Morgan fingerprint density at radius 2 is 1.71 bits per heavy atom. The highest BCUT2D eigenvalue weighted by Crippen LogP contribution is 2.18. The molecule has 0 heterocycles. The molecule has 1 rings (SSSR count). The number of nitrogens with zero attached hydrogens (tertiary/aromatic N) is 1. The van der Waals surface area contributed by atoms with Gasteiger partial charge in [-0.1, -0.05) is 12.1 Å². The highest BCUT2D eigenvalue weighted by molar-refractivity contribution is 5.81. The average Bonchev–Trinajstić information content (AvgIpc) is 2.36. The molecule has 6 heteroatoms. The number of nitro benzene ring substituents is 1. The van der Waals surface area contributed by atoms with Crippen molar-refractivity contribution in [1.29, 1.82) is 0 Å². The smallest absolute Gasteiger partial charge is 0.269 e. The molecule has 0 radical (unpaired) electrons. The van der Waals surface area contributed by atoms with Crippen molar-refractivity contribution in [3.05, 3.63) is 39.9 Å². The number of nitrogens with one attached hydrogen (secondary N) is 2. The van der Waals surface area contributed by atoms with Gasteiger partial charge in [0.2, 0.25) is 5.91 Å². The largest absolute Gasteiger partial charge is 0.350 e. The predicted octanol–water partition coefficient (Wildman–Crippen LogP) is 2.55. The van der Waals surface area contributed by atoms with Crippen molar-refractivity contribution in [2.75, 3.05) is 0 Å². The van der Waals surface area contributed by atoms with Crippen LogP contribution in [0.25, 0.3) is 0 Å². The highest BCUT2D eigenvalue weighted by atomic mass is 16.6. The number of carbonyl (C=O) groups is 1. The van der Waals surface area contributed by atoms with Crippen molar-refractivity contribution < 1.29 is 9.72 Å². The summed E-state index contributed by atoms with van der Waals surface area (Å²) >= 11 is 0. The molecular weight excluding hydrogens is 270 g/mol. The van der Waals surface area contributed by atoms with Crippen molar-refractivity contribution in [3.63, 3.8) is 0 Å². The number of carbonyl (C=O) groups excluding carboxylic acids is 1. The number of nitro groups is 1. The summed E-state index contributed by atoms with van der Waals surface area (Å²) in [6, 6.07) is 5.90. The fourth-order valence-corrected chi connectivity index (χ4v) is 1.91. The second kappa shape index (κ2) is 6.67. The number of hydrogen-bond acceptors (Lipinski definition) is 4. The van der Waals surface area contributed by atoms with E-state index < -0.39 is 4.92 Å². The fraction of sp³-hybridized carbons (Fsp3) is 0.533. The topological polar surface area (TPSA) is 84.3 Å². The molecule has 0 aliphatic carbocycles. The molecule has 0 fully saturated rings. The van der Waals surface area contributed by atoms with Crippen LogP contribution in [-0.4, -0.2) is 22.4 Å². The molecule has 0 aliphatic rings. The normalized spacial score (nSPS) is 14.3. The first-order chi connectivity index (χ1) is 9.60. The number of benzene rings is 1. The molecule has 21 heavy (non-hydrogen) atoms. The minimum atomic E-state index is -0.429. The van der Waals surface area contributed by atoms with Gasteiger partial charge in [0.25, 0.3) is 5.69 Å². The molecule has 0 bridgehead atoms. The molecule has 116 valence electrons. The summed E-state index contributed by atoms with van der Waals surface area (Å²) in [5.74, 6) is -0.0729. The van der Waals surface area contributed by atoms with E-state index in [0.29, 0.717) is 0 Å². The summed E-state index contributed by atoms with van der Waals surface area (Å²) < 4.78 is 0. The van der Waals surface area contributed by atoms with Crippen molar-refractivity contribution >= 4 is 11.6 Å². The Kier molecular flexibility index (Phi) is 5.43. The number of amides is 1. The molecule has 1 aromatic rings. The second-order valence-electron chi connectivity index (χ2n) is 6.20. The van der Waals surface area contributed by atoms with Crippen molar-refractivity contribution in [2.45, 2.75) is 52.2 Å². The SMILES string of the molecule is CC(NC(C)c1ccc([N+](=O)[O-])cc1)C(=O)NC(C)(C)C. The Morgan fingerprint density at radius 1 is 1.19 bits per heavy atom. The van der Waals surface area contributed by atoms with E-state index in [0.717, 1.165) is 5.56 Å². The summed E-state index contributed by atoms with van der Waals surface area (Å²) in [5.41, 5.74) is 0.685. The zero-order valence-electron chi connectivity index (χ0n) is 13.1. The van der Waals surface area contributed by atoms with E-state index in [2.05, 4.69) is 10.6 Å². The van der Waals surface area contributed by atoms with Crippen molar-refractivity contribution in [1.82, 2.24) is 10.6 Å². The first-order valence-corrected chi connectivity index (χ1v) is 6.92. The van der Waals surface area contributed by atoms with Gasteiger partial charge in [-0.05, 0) is 40.2 Å². The minimum absolute atomic E-state index is 0.0597. The summed E-state index contributed by atoms with van der Waals surface area (Å²) in [6.07, 6.45) is 0. The quantitative estimate of drug-likeness (QED) is 0.645. The van der Waals surface area contributed by atoms with Crippen LogP contribution in [0.3, 0.4) is 0 Å². The molecule has 2 atom stereocenters. The lowest BCUT2D eigenvalue weighted by Crippen LogP contribution is -2.49. The maximum atomic E-state index is 12.0. The van der Waals surface area contributed by atoms with Gasteiger partial charge in [-0.2, -0.15) is 0 Å². The van der Waals surface area contributed by atoms with E-state index in [1.165, 1.54) is 12.1 Å². The Bertz CT molecular complexity index is 506. The van der Waals surface area contributed by atoms with Gasteiger partial charge in [0.05, 0.1) is 11.0 Å². The fourth-order valence-electron chi connectivity index (χ4n) is 1.91. The predicted molar refractivity (Wildman–Crippen MR) is 82.0 cm³/mol. The zero-order valence-corrected chi connectivity index (χ0v) is 13.1. The van der Waals surface area contributed by atoms with Crippen LogP contribution in [0, 0.1) is 10.1 Å². The van der Waals surface area contributed by atoms with Gasteiger partial charge in [0, 0.05) is 23.7 Å². The first kappa shape index (κ1) is 17.1. The lowest BCUT2D eigenvalue weighted by molar-refractivity contribution is -0.384. The zero-order chi connectivity index (χ0) is 16.2. The molecule has 1 amide bonds. The van der Waals surface area contributed by atoms with Gasteiger partial charge < -0.3 is 5.32 Å². The van der Waals surface area contributed by atoms with Crippen LogP contribution in [0.1, 0.15) is 46.2 Å². The molecule has 0 spiro atoms. The summed E-state index contributed by atoms with van der Waals surface area (Å²) in [5, 5.41) is 16.7. The van der Waals surface area contributed by atoms with E-state index in [9.17, 15) is 14.9 Å². The molecule has 0 saturated heterocycles. The summed E-state index contributed by atoms with van der Waals surface area (Å²) in [6.45, 7) is 9.50. The van der Waals surface area contributed by atoms with Crippen LogP contribution in [0.15, 0.2) is 24.3 Å². The maximum Gasteiger partial charge on any atom is 0.269 e. The number of rotatable bonds is 5. The molecule has 2 unspecified atom stereocenters. The molecule has 2 N–H and O–H groups in total. The third kappa shape index (κ3) is 5.51. The van der Waals surface area contributed by atoms with E-state index in [-0.39, 0.29) is 29.2 Å². The van der Waals surface area contributed by atoms with E-state index in [1.54, 1.807) is 19.1 Å². The van der Waals surface area contributed by atoms with Crippen molar-refractivity contribution in [3.8, 4) is 0 Å². The molecular formula is C15H23N3O3. The lowest BCUT2D eigenvalue weighted by Gasteiger charge is -2.25. The van der Waals surface area contributed by atoms with Crippen LogP contribution in [0.4, 0.5) is 5.69 Å². The van der Waals surface area contributed by atoms with Gasteiger partial charge in [0.1, 0.15) is 0 Å². The molecule has 1 aromatic carbocycles. The summed E-state index contributed by atoms with van der Waals surface area (Å²) in [7, 11) is 0.